The molecule has 2 heterocycles. The third-order valence-electron chi connectivity index (χ3n) is 4.05. The quantitative estimate of drug-likeness (QED) is 0.639. The molecule has 6 nitrogen and oxygen atoms in total. The van der Waals surface area contributed by atoms with Crippen LogP contribution in [0, 0.1) is 0 Å². The molecular weight excluding hydrogens is 377 g/mol. The van der Waals surface area contributed by atoms with E-state index >= 15 is 0 Å². The Morgan fingerprint density at radius 3 is 2.38 bits per heavy atom. The summed E-state index contributed by atoms with van der Waals surface area (Å²) in [6, 6.07) is 9.97. The van der Waals surface area contributed by atoms with Gasteiger partial charge < -0.3 is 4.74 Å². The van der Waals surface area contributed by atoms with E-state index < -0.39 is 0 Å². The highest BCUT2D eigenvalue weighted by atomic mass is 35.5. The predicted octanol–water partition coefficient (Wildman–Crippen LogP) is 3.61. The number of hydrogen-bond acceptors (Lipinski definition) is 5. The Bertz CT molecular complexity index is 1020. The number of ether oxygens (including phenoxy) is 1. The average Bonchev–Trinajstić information content (AvgIpc) is 2.87. The molecule has 0 aliphatic carbocycles. The third-order valence-corrected chi connectivity index (χ3v) is 4.56. The van der Waals surface area contributed by atoms with Crippen LogP contribution in [0.25, 0.3) is 10.9 Å². The van der Waals surface area contributed by atoms with E-state index in [0.717, 1.165) is 4.90 Å². The molecule has 0 fully saturated rings. The Labute approximate surface area is 158 Å². The molecule has 0 atom stereocenters. The highest BCUT2D eigenvalue weighted by Gasteiger charge is 2.34. The highest BCUT2D eigenvalue weighted by Crippen LogP contribution is 2.31. The van der Waals surface area contributed by atoms with E-state index in [4.69, 9.17) is 27.9 Å². The maximum absolute atomic E-state index is 12.3. The first-order valence-corrected chi connectivity index (χ1v) is 8.49. The van der Waals surface area contributed by atoms with Gasteiger partial charge in [0.15, 0.2) is 0 Å². The molecule has 1 aromatic heterocycles. The molecule has 0 N–H and O–H groups in total. The second kappa shape index (κ2) is 6.55. The molecule has 0 unspecified atom stereocenters. The summed E-state index contributed by atoms with van der Waals surface area (Å²) in [6.07, 6.45) is 1.33. The second-order valence-electron chi connectivity index (χ2n) is 5.62. The average molecular weight is 388 g/mol. The molecule has 130 valence electrons. The Morgan fingerprint density at radius 2 is 1.69 bits per heavy atom. The molecular formula is C18H11Cl2N3O3. The fourth-order valence-electron chi connectivity index (χ4n) is 2.86. The number of hydrogen-bond donors (Lipinski definition) is 0. The van der Waals surface area contributed by atoms with Crippen molar-refractivity contribution in [2.75, 3.05) is 13.2 Å². The second-order valence-corrected chi connectivity index (χ2v) is 6.46. The molecule has 2 amide bonds. The van der Waals surface area contributed by atoms with Gasteiger partial charge in [-0.3, -0.25) is 14.5 Å². The summed E-state index contributed by atoms with van der Waals surface area (Å²) in [4.78, 5) is 34.1. The SMILES string of the molecule is O=C1c2ccccc2C(=O)N1CCOc1ncnc2c(Cl)cc(Cl)cc12. The van der Waals surface area contributed by atoms with Gasteiger partial charge in [-0.2, -0.15) is 0 Å². The lowest BCUT2D eigenvalue weighted by molar-refractivity contribution is 0.0630. The Kier molecular flexibility index (Phi) is 4.22. The summed E-state index contributed by atoms with van der Waals surface area (Å²) in [7, 11) is 0. The van der Waals surface area contributed by atoms with Crippen molar-refractivity contribution in [3.63, 3.8) is 0 Å². The van der Waals surface area contributed by atoms with Crippen molar-refractivity contribution in [1.29, 1.82) is 0 Å². The number of benzene rings is 2. The molecule has 0 saturated heterocycles. The molecule has 26 heavy (non-hydrogen) atoms. The van der Waals surface area contributed by atoms with Gasteiger partial charge in [0, 0.05) is 5.02 Å². The number of imide groups is 1. The normalized spacial score (nSPS) is 13.4. The van der Waals surface area contributed by atoms with Crippen molar-refractivity contribution in [1.82, 2.24) is 14.9 Å². The minimum atomic E-state index is -0.326. The maximum Gasteiger partial charge on any atom is 0.261 e. The lowest BCUT2D eigenvalue weighted by Crippen LogP contribution is -2.33. The standard InChI is InChI=1S/C18H11Cl2N3O3/c19-10-7-13-15(14(20)8-10)21-9-22-16(13)26-6-5-23-17(24)11-3-1-2-4-12(11)18(23)25/h1-4,7-9H,5-6H2. The summed E-state index contributed by atoms with van der Waals surface area (Å²) < 4.78 is 5.67. The van der Waals surface area contributed by atoms with E-state index in [9.17, 15) is 9.59 Å². The van der Waals surface area contributed by atoms with E-state index in [-0.39, 0.29) is 30.8 Å². The number of nitrogens with zero attached hydrogens (tertiary/aromatic N) is 3. The maximum atomic E-state index is 12.3. The minimum Gasteiger partial charge on any atom is -0.475 e. The van der Waals surface area contributed by atoms with Crippen LogP contribution in [0.1, 0.15) is 20.7 Å². The Hall–Kier alpha value is -2.70. The van der Waals surface area contributed by atoms with E-state index in [0.29, 0.717) is 32.1 Å². The summed E-state index contributed by atoms with van der Waals surface area (Å²) in [5.41, 5.74) is 1.33. The Morgan fingerprint density at radius 1 is 1.00 bits per heavy atom. The first-order valence-electron chi connectivity index (χ1n) is 7.74. The van der Waals surface area contributed by atoms with Crippen LogP contribution in [0.5, 0.6) is 5.88 Å². The fraction of sp³-hybridized carbons (Fsp3) is 0.111. The van der Waals surface area contributed by atoms with Crippen molar-refractivity contribution in [2.24, 2.45) is 0 Å². The fourth-order valence-corrected chi connectivity index (χ4v) is 3.40. The van der Waals surface area contributed by atoms with Gasteiger partial charge >= 0.3 is 0 Å². The zero-order chi connectivity index (χ0) is 18.3. The summed E-state index contributed by atoms with van der Waals surface area (Å²) in [6.45, 7) is 0.188. The molecule has 4 rings (SSSR count). The molecule has 8 heteroatoms. The lowest BCUT2D eigenvalue weighted by atomic mass is 10.1. The topological polar surface area (TPSA) is 72.4 Å². The highest BCUT2D eigenvalue weighted by molar-refractivity contribution is 6.38. The molecule has 0 bridgehead atoms. The van der Waals surface area contributed by atoms with Gasteiger partial charge in [-0.15, -0.1) is 0 Å². The van der Waals surface area contributed by atoms with Crippen LogP contribution in [0.2, 0.25) is 10.0 Å². The summed E-state index contributed by atoms with van der Waals surface area (Å²) in [5.74, 6) is -0.364. The largest absolute Gasteiger partial charge is 0.475 e. The minimum absolute atomic E-state index is 0.0850. The lowest BCUT2D eigenvalue weighted by Gasteiger charge is -2.14. The predicted molar refractivity (Wildman–Crippen MR) is 96.9 cm³/mol. The first kappa shape index (κ1) is 16.8. The monoisotopic (exact) mass is 387 g/mol. The number of aromatic nitrogens is 2. The molecule has 0 spiro atoms. The van der Waals surface area contributed by atoms with Gasteiger partial charge in [0.25, 0.3) is 11.8 Å². The molecule has 1 aliphatic heterocycles. The van der Waals surface area contributed by atoms with Gasteiger partial charge in [0.1, 0.15) is 12.9 Å². The van der Waals surface area contributed by atoms with Gasteiger partial charge in [-0.25, -0.2) is 9.97 Å². The molecule has 1 aliphatic rings. The van der Waals surface area contributed by atoms with Crippen LogP contribution in [0.3, 0.4) is 0 Å². The number of rotatable bonds is 4. The number of amides is 2. The number of fused-ring (bicyclic) bond motifs is 2. The van der Waals surface area contributed by atoms with Crippen LogP contribution in [-0.4, -0.2) is 39.8 Å². The molecule has 0 saturated carbocycles. The smallest absolute Gasteiger partial charge is 0.261 e. The van der Waals surface area contributed by atoms with E-state index in [1.54, 1.807) is 36.4 Å². The van der Waals surface area contributed by atoms with Gasteiger partial charge in [-0.05, 0) is 24.3 Å². The van der Waals surface area contributed by atoms with Crippen LogP contribution >= 0.6 is 23.2 Å². The van der Waals surface area contributed by atoms with Gasteiger partial charge in [0.2, 0.25) is 5.88 Å². The molecule has 3 aromatic rings. The van der Waals surface area contributed by atoms with Gasteiger partial charge in [0.05, 0.1) is 33.6 Å². The number of carbonyl (C=O) groups is 2. The zero-order valence-corrected chi connectivity index (χ0v) is 14.8. The van der Waals surface area contributed by atoms with E-state index in [1.165, 1.54) is 6.33 Å². The number of carbonyl (C=O) groups excluding carboxylic acids is 2. The summed E-state index contributed by atoms with van der Waals surface area (Å²) in [5, 5.41) is 1.38. The van der Waals surface area contributed by atoms with Crippen molar-refractivity contribution in [2.45, 2.75) is 0 Å². The molecule has 0 radical (unpaired) electrons. The van der Waals surface area contributed by atoms with Gasteiger partial charge in [-0.1, -0.05) is 35.3 Å². The molecule has 2 aromatic carbocycles. The van der Waals surface area contributed by atoms with Crippen LogP contribution in [-0.2, 0) is 0 Å². The summed E-state index contributed by atoms with van der Waals surface area (Å²) >= 11 is 12.2. The van der Waals surface area contributed by atoms with Crippen molar-refractivity contribution >= 4 is 45.9 Å². The third kappa shape index (κ3) is 2.77. The van der Waals surface area contributed by atoms with Crippen LogP contribution < -0.4 is 4.74 Å². The van der Waals surface area contributed by atoms with Crippen LogP contribution in [0.15, 0.2) is 42.7 Å². The van der Waals surface area contributed by atoms with E-state index in [2.05, 4.69) is 9.97 Å². The van der Waals surface area contributed by atoms with Crippen molar-refractivity contribution < 1.29 is 14.3 Å². The van der Waals surface area contributed by atoms with Crippen LogP contribution in [0.4, 0.5) is 0 Å². The Balaban J connectivity index is 1.52. The number of halogens is 2. The van der Waals surface area contributed by atoms with Crippen molar-refractivity contribution in [3.8, 4) is 5.88 Å². The zero-order valence-electron chi connectivity index (χ0n) is 13.3. The van der Waals surface area contributed by atoms with E-state index in [1.807, 2.05) is 0 Å². The first-order chi connectivity index (χ1) is 12.6. The van der Waals surface area contributed by atoms with Crippen molar-refractivity contribution in [3.05, 3.63) is 63.9 Å².